The summed E-state index contributed by atoms with van der Waals surface area (Å²) in [5.74, 6) is -1.99. The number of thioether (sulfide) groups is 1. The summed E-state index contributed by atoms with van der Waals surface area (Å²) in [4.78, 5) is 27.4. The molecule has 1 aromatic carbocycles. The summed E-state index contributed by atoms with van der Waals surface area (Å²) in [6.45, 7) is 0. The minimum Gasteiger partial charge on any atom is -0.510 e. The molecule has 0 saturated carbocycles. The highest BCUT2D eigenvalue weighted by molar-refractivity contribution is 8.15. The molecule has 1 heterocycles. The fraction of sp³-hybridized carbons (Fsp3) is 0.267. The fourth-order valence-electron chi connectivity index (χ4n) is 2.70. The maximum absolute atomic E-state index is 12.3. The molecule has 3 rings (SSSR count). The van der Waals surface area contributed by atoms with Gasteiger partial charge in [0.2, 0.25) is 0 Å². The first kappa shape index (κ1) is 13.9. The number of hydrogen-bond acceptors (Lipinski definition) is 4. The summed E-state index contributed by atoms with van der Waals surface area (Å²) in [5, 5.41) is 18.7. The van der Waals surface area contributed by atoms with Gasteiger partial charge in [-0.05, 0) is 24.0 Å². The van der Waals surface area contributed by atoms with Gasteiger partial charge >= 0.3 is 5.97 Å². The van der Waals surface area contributed by atoms with Gasteiger partial charge in [0.1, 0.15) is 16.4 Å². The van der Waals surface area contributed by atoms with Gasteiger partial charge in [0.15, 0.2) is 0 Å². The molecule has 0 spiro atoms. The van der Waals surface area contributed by atoms with Gasteiger partial charge in [-0.15, -0.1) is 0 Å². The van der Waals surface area contributed by atoms with Gasteiger partial charge in [0.05, 0.1) is 11.7 Å². The predicted octanol–water partition coefficient (Wildman–Crippen LogP) is 2.29. The lowest BCUT2D eigenvalue weighted by Crippen LogP contribution is -2.13. The zero-order chi connectivity index (χ0) is 15.0. The number of hydrogen-bond donors (Lipinski definition) is 2. The van der Waals surface area contributed by atoms with Crippen molar-refractivity contribution in [1.82, 2.24) is 0 Å². The molecule has 2 aliphatic rings. The van der Waals surface area contributed by atoms with Crippen molar-refractivity contribution in [2.45, 2.75) is 18.8 Å². The van der Waals surface area contributed by atoms with Gasteiger partial charge in [-0.25, -0.2) is 9.79 Å². The third-order valence-corrected chi connectivity index (χ3v) is 4.69. The number of rotatable bonds is 2. The van der Waals surface area contributed by atoms with E-state index in [1.165, 1.54) is 0 Å². The van der Waals surface area contributed by atoms with E-state index in [4.69, 9.17) is 5.11 Å². The van der Waals surface area contributed by atoms with Crippen molar-refractivity contribution in [1.29, 1.82) is 0 Å². The molecule has 2 N–H and O–H groups in total. The second-order valence-corrected chi connectivity index (χ2v) is 5.92. The van der Waals surface area contributed by atoms with Crippen molar-refractivity contribution in [3.8, 4) is 0 Å². The Balaban J connectivity index is 1.88. The van der Waals surface area contributed by atoms with E-state index < -0.39 is 5.97 Å². The van der Waals surface area contributed by atoms with Crippen LogP contribution in [0.15, 0.2) is 40.6 Å². The van der Waals surface area contributed by atoms with Gasteiger partial charge in [0, 0.05) is 0 Å². The van der Waals surface area contributed by atoms with E-state index in [1.54, 1.807) is 0 Å². The Kier molecular flexibility index (Phi) is 3.55. The first-order valence-corrected chi connectivity index (χ1v) is 7.55. The molecule has 0 bridgehead atoms. The van der Waals surface area contributed by atoms with Crippen LogP contribution in [0.25, 0.3) is 0 Å². The van der Waals surface area contributed by atoms with E-state index in [-0.39, 0.29) is 34.0 Å². The minimum atomic E-state index is -1.25. The van der Waals surface area contributed by atoms with Crippen molar-refractivity contribution in [2.75, 3.05) is 5.75 Å². The molecule has 1 unspecified atom stereocenters. The number of nitrogens with zero attached hydrogens (tertiary/aromatic N) is 1. The normalized spacial score (nSPS) is 22.7. The fourth-order valence-corrected chi connectivity index (χ4v) is 3.62. The zero-order valence-corrected chi connectivity index (χ0v) is 11.9. The van der Waals surface area contributed by atoms with E-state index in [1.807, 2.05) is 24.3 Å². The summed E-state index contributed by atoms with van der Waals surface area (Å²) in [6.07, 6.45) is 1.52. The first-order valence-electron chi connectivity index (χ1n) is 6.57. The Morgan fingerprint density at radius 2 is 2.05 bits per heavy atom. The minimum absolute atomic E-state index is 0.106. The van der Waals surface area contributed by atoms with E-state index in [0.717, 1.165) is 29.3 Å². The predicted molar refractivity (Wildman–Crippen MR) is 79.7 cm³/mol. The van der Waals surface area contributed by atoms with Crippen LogP contribution in [0.2, 0.25) is 0 Å². The van der Waals surface area contributed by atoms with Gasteiger partial charge < -0.3 is 10.2 Å². The van der Waals surface area contributed by atoms with Crippen LogP contribution in [-0.4, -0.2) is 32.9 Å². The number of amides is 1. The van der Waals surface area contributed by atoms with Crippen molar-refractivity contribution in [3.05, 3.63) is 46.7 Å². The maximum Gasteiger partial charge on any atom is 0.341 e. The lowest BCUT2D eigenvalue weighted by Gasteiger charge is -2.07. The second-order valence-electron chi connectivity index (χ2n) is 4.96. The van der Waals surface area contributed by atoms with Crippen molar-refractivity contribution in [2.24, 2.45) is 4.99 Å². The number of fused-ring (bicyclic) bond motifs is 1. The van der Waals surface area contributed by atoms with Crippen LogP contribution >= 0.6 is 11.8 Å². The number of aliphatic hydroxyl groups excluding tert-OH is 1. The van der Waals surface area contributed by atoms with Crippen LogP contribution in [0.3, 0.4) is 0 Å². The molecular formula is C15H13NO4S. The topological polar surface area (TPSA) is 87.0 Å². The molecule has 0 radical (unpaired) electrons. The number of carbonyl (C=O) groups is 2. The molecule has 1 aromatic rings. The van der Waals surface area contributed by atoms with Crippen LogP contribution in [-0.2, 0) is 16.0 Å². The van der Waals surface area contributed by atoms with Gasteiger partial charge in [0.25, 0.3) is 5.91 Å². The van der Waals surface area contributed by atoms with Crippen molar-refractivity contribution >= 4 is 28.7 Å². The number of carbonyl (C=O) groups excluding carboxylic acids is 1. The Bertz CT molecular complexity index is 693. The number of aryl methyl sites for hydroxylation is 1. The molecule has 1 amide bonds. The van der Waals surface area contributed by atoms with Crippen molar-refractivity contribution < 1.29 is 19.8 Å². The number of carboxylic acids is 1. The Morgan fingerprint density at radius 1 is 1.29 bits per heavy atom. The molecule has 0 aromatic heterocycles. The van der Waals surface area contributed by atoms with E-state index in [0.29, 0.717) is 6.42 Å². The van der Waals surface area contributed by atoms with Gasteiger partial charge in [-0.1, -0.05) is 36.0 Å². The van der Waals surface area contributed by atoms with Crippen LogP contribution in [0.4, 0.5) is 0 Å². The first-order chi connectivity index (χ1) is 10.1. The average molecular weight is 303 g/mol. The SMILES string of the molecule is O=C(O)C1=C(O)CSC1=NC(=O)C1CCc2ccccc21. The monoisotopic (exact) mass is 303 g/mol. The Hall–Kier alpha value is -2.08. The highest BCUT2D eigenvalue weighted by atomic mass is 32.2. The highest BCUT2D eigenvalue weighted by Crippen LogP contribution is 2.35. The zero-order valence-electron chi connectivity index (χ0n) is 11.1. The molecule has 0 fully saturated rings. The number of aliphatic carboxylic acids is 1. The van der Waals surface area contributed by atoms with E-state index in [9.17, 15) is 14.7 Å². The molecule has 1 aliphatic heterocycles. The maximum atomic E-state index is 12.3. The Labute approximate surface area is 125 Å². The standard InChI is InChI=1S/C15H13NO4S/c17-11-7-21-14(12(11)15(19)20)16-13(18)10-6-5-8-3-1-2-4-9(8)10/h1-4,10,17H,5-7H2,(H,19,20). The van der Waals surface area contributed by atoms with Gasteiger partial charge in [-0.2, -0.15) is 0 Å². The smallest absolute Gasteiger partial charge is 0.341 e. The summed E-state index contributed by atoms with van der Waals surface area (Å²) in [6, 6.07) is 7.73. The summed E-state index contributed by atoms with van der Waals surface area (Å²) in [5.41, 5.74) is 1.87. The number of aliphatic imine (C=N–C) groups is 1. The Morgan fingerprint density at radius 3 is 2.81 bits per heavy atom. The molecule has 6 heteroatoms. The average Bonchev–Trinajstić information content (AvgIpc) is 3.02. The lowest BCUT2D eigenvalue weighted by molar-refractivity contribution is -0.132. The summed E-state index contributed by atoms with van der Waals surface area (Å²) in [7, 11) is 0. The largest absolute Gasteiger partial charge is 0.510 e. The molecule has 108 valence electrons. The number of aliphatic hydroxyl groups is 1. The molecule has 0 saturated heterocycles. The summed E-state index contributed by atoms with van der Waals surface area (Å²) < 4.78 is 0. The molecular weight excluding hydrogens is 290 g/mol. The third kappa shape index (κ3) is 2.47. The van der Waals surface area contributed by atoms with Gasteiger partial charge in [-0.3, -0.25) is 4.79 Å². The van der Waals surface area contributed by atoms with Crippen LogP contribution in [0, 0.1) is 0 Å². The summed E-state index contributed by atoms with van der Waals surface area (Å²) >= 11 is 1.08. The highest BCUT2D eigenvalue weighted by Gasteiger charge is 2.32. The van der Waals surface area contributed by atoms with Crippen LogP contribution in [0.1, 0.15) is 23.5 Å². The van der Waals surface area contributed by atoms with Crippen molar-refractivity contribution in [3.63, 3.8) is 0 Å². The van der Waals surface area contributed by atoms with E-state index in [2.05, 4.69) is 4.99 Å². The van der Waals surface area contributed by atoms with Crippen LogP contribution in [0.5, 0.6) is 0 Å². The quantitative estimate of drug-likeness (QED) is 0.875. The van der Waals surface area contributed by atoms with Crippen LogP contribution < -0.4 is 0 Å². The number of carboxylic acid groups (broad SMARTS) is 1. The molecule has 21 heavy (non-hydrogen) atoms. The molecule has 1 aliphatic carbocycles. The second kappa shape index (κ2) is 5.37. The number of benzene rings is 1. The molecule has 1 atom stereocenters. The van der Waals surface area contributed by atoms with E-state index >= 15 is 0 Å². The third-order valence-electron chi connectivity index (χ3n) is 3.70. The molecule has 5 nitrogen and oxygen atoms in total. The lowest BCUT2D eigenvalue weighted by atomic mass is 10.0.